The first-order valence-electron chi connectivity index (χ1n) is 5.04. The van der Waals surface area contributed by atoms with Crippen LogP contribution in [0.4, 0.5) is 0 Å². The zero-order chi connectivity index (χ0) is 10.1. The van der Waals surface area contributed by atoms with Gasteiger partial charge in [-0.2, -0.15) is 0 Å². The summed E-state index contributed by atoms with van der Waals surface area (Å²) in [6, 6.07) is 0. The van der Waals surface area contributed by atoms with E-state index in [1.165, 1.54) is 0 Å². The summed E-state index contributed by atoms with van der Waals surface area (Å²) in [7, 11) is 4.06. The van der Waals surface area contributed by atoms with Crippen molar-refractivity contribution in [3.05, 3.63) is 0 Å². The van der Waals surface area contributed by atoms with E-state index in [0.717, 1.165) is 19.6 Å². The minimum atomic E-state index is -0.518. The number of rotatable bonds is 2. The zero-order valence-electron chi connectivity index (χ0n) is 9.17. The molecule has 1 saturated heterocycles. The molecule has 3 heteroatoms. The molecule has 0 amide bonds. The predicted molar refractivity (Wildman–Crippen MR) is 54.7 cm³/mol. The van der Waals surface area contributed by atoms with Gasteiger partial charge in [-0.3, -0.25) is 0 Å². The molecule has 13 heavy (non-hydrogen) atoms. The summed E-state index contributed by atoms with van der Waals surface area (Å²) < 4.78 is 0. The van der Waals surface area contributed by atoms with Crippen molar-refractivity contribution < 1.29 is 5.11 Å². The van der Waals surface area contributed by atoms with Crippen LogP contribution in [0.1, 0.15) is 13.8 Å². The van der Waals surface area contributed by atoms with Crippen LogP contribution in [0.25, 0.3) is 0 Å². The van der Waals surface area contributed by atoms with Gasteiger partial charge >= 0.3 is 0 Å². The average molecular weight is 186 g/mol. The van der Waals surface area contributed by atoms with Gasteiger partial charge in [-0.15, -0.1) is 0 Å². The fourth-order valence-corrected chi connectivity index (χ4v) is 2.21. The first-order valence-corrected chi connectivity index (χ1v) is 5.04. The molecule has 1 fully saturated rings. The van der Waals surface area contributed by atoms with E-state index in [1.54, 1.807) is 0 Å². The second-order valence-corrected chi connectivity index (χ2v) is 4.60. The van der Waals surface area contributed by atoms with E-state index in [9.17, 15) is 5.11 Å². The van der Waals surface area contributed by atoms with Crippen molar-refractivity contribution in [2.24, 2.45) is 11.8 Å². The lowest BCUT2D eigenvalue weighted by atomic mass is 9.75. The molecule has 1 heterocycles. The van der Waals surface area contributed by atoms with E-state index < -0.39 is 5.60 Å². The minimum Gasteiger partial charge on any atom is -0.389 e. The Bertz CT molecular complexity index is 170. The first-order chi connectivity index (χ1) is 5.98. The average Bonchev–Trinajstić information content (AvgIpc) is 2.01. The Hall–Kier alpha value is -0.120. The minimum absolute atomic E-state index is 0.339. The number of nitrogens with zero attached hydrogens (tertiary/aromatic N) is 1. The first kappa shape index (κ1) is 11.0. The van der Waals surface area contributed by atoms with Gasteiger partial charge < -0.3 is 15.3 Å². The summed E-state index contributed by atoms with van der Waals surface area (Å²) in [5, 5.41) is 13.4. The van der Waals surface area contributed by atoms with Gasteiger partial charge in [0, 0.05) is 25.6 Å². The highest BCUT2D eigenvalue weighted by Gasteiger charge is 2.41. The predicted octanol–water partition coefficient (Wildman–Crippen LogP) is 0.155. The maximum Gasteiger partial charge on any atom is 0.0709 e. The lowest BCUT2D eigenvalue weighted by molar-refractivity contribution is -0.0913. The Morgan fingerprint density at radius 2 is 2.15 bits per heavy atom. The maximum absolute atomic E-state index is 10.3. The fourth-order valence-electron chi connectivity index (χ4n) is 2.21. The monoisotopic (exact) mass is 186 g/mol. The highest BCUT2D eigenvalue weighted by Crippen LogP contribution is 2.31. The standard InChI is InChI=1S/C10H22N2O/c1-8-6-12(4)7-9(5-11-3)10(8,2)13/h8-9,11,13H,5-7H2,1-4H3/t8-,9-,10-/m1/s1. The molecule has 0 saturated carbocycles. The fraction of sp³-hybridized carbons (Fsp3) is 1.00. The van der Waals surface area contributed by atoms with Crippen LogP contribution in [0.15, 0.2) is 0 Å². The van der Waals surface area contributed by atoms with E-state index in [1.807, 2.05) is 14.0 Å². The van der Waals surface area contributed by atoms with E-state index in [0.29, 0.717) is 11.8 Å². The molecule has 78 valence electrons. The molecule has 0 aromatic carbocycles. The highest BCUT2D eigenvalue weighted by atomic mass is 16.3. The van der Waals surface area contributed by atoms with Crippen LogP contribution in [-0.4, -0.2) is 49.3 Å². The molecule has 1 aliphatic heterocycles. The van der Waals surface area contributed by atoms with Crippen molar-refractivity contribution >= 4 is 0 Å². The Kier molecular flexibility index (Phi) is 3.33. The Morgan fingerprint density at radius 1 is 1.54 bits per heavy atom. The number of hydrogen-bond acceptors (Lipinski definition) is 3. The van der Waals surface area contributed by atoms with Crippen LogP contribution in [0.3, 0.4) is 0 Å². The molecule has 2 N–H and O–H groups in total. The molecule has 1 rings (SSSR count). The third kappa shape index (κ3) is 2.22. The molecule has 3 atom stereocenters. The van der Waals surface area contributed by atoms with Gasteiger partial charge in [0.15, 0.2) is 0 Å². The van der Waals surface area contributed by atoms with Crippen molar-refractivity contribution in [1.29, 1.82) is 0 Å². The molecule has 0 unspecified atom stereocenters. The Balaban J connectivity index is 2.67. The number of aliphatic hydroxyl groups is 1. The van der Waals surface area contributed by atoms with E-state index in [4.69, 9.17) is 0 Å². The van der Waals surface area contributed by atoms with Gasteiger partial charge in [0.1, 0.15) is 0 Å². The molecular weight excluding hydrogens is 164 g/mol. The van der Waals surface area contributed by atoms with E-state index in [2.05, 4.69) is 24.2 Å². The van der Waals surface area contributed by atoms with Gasteiger partial charge in [-0.25, -0.2) is 0 Å². The zero-order valence-corrected chi connectivity index (χ0v) is 9.17. The molecule has 0 aliphatic carbocycles. The third-order valence-corrected chi connectivity index (χ3v) is 3.39. The topological polar surface area (TPSA) is 35.5 Å². The smallest absolute Gasteiger partial charge is 0.0709 e. The lowest BCUT2D eigenvalue weighted by Crippen LogP contribution is -2.57. The SMILES string of the molecule is CNC[C@@H]1CN(C)C[C@@H](C)[C@@]1(C)O. The number of nitrogens with one attached hydrogen (secondary N) is 1. The molecule has 0 radical (unpaired) electrons. The molecule has 0 aromatic heterocycles. The Morgan fingerprint density at radius 3 is 2.69 bits per heavy atom. The normalized spacial score (nSPS) is 42.2. The second-order valence-electron chi connectivity index (χ2n) is 4.60. The van der Waals surface area contributed by atoms with Crippen LogP contribution in [0.5, 0.6) is 0 Å². The van der Waals surface area contributed by atoms with Crippen LogP contribution in [0, 0.1) is 11.8 Å². The second kappa shape index (κ2) is 3.95. The molecular formula is C10H22N2O. The van der Waals surface area contributed by atoms with Crippen LogP contribution in [-0.2, 0) is 0 Å². The highest BCUT2D eigenvalue weighted by molar-refractivity contribution is 4.94. The van der Waals surface area contributed by atoms with Crippen LogP contribution < -0.4 is 5.32 Å². The van der Waals surface area contributed by atoms with Crippen molar-refractivity contribution in [3.63, 3.8) is 0 Å². The quantitative estimate of drug-likeness (QED) is 0.644. The van der Waals surface area contributed by atoms with Crippen molar-refractivity contribution in [2.75, 3.05) is 33.7 Å². The summed E-state index contributed by atoms with van der Waals surface area (Å²) in [5.74, 6) is 0.691. The van der Waals surface area contributed by atoms with Crippen molar-refractivity contribution in [1.82, 2.24) is 10.2 Å². The summed E-state index contributed by atoms with van der Waals surface area (Å²) >= 11 is 0. The summed E-state index contributed by atoms with van der Waals surface area (Å²) in [5.41, 5.74) is -0.518. The van der Waals surface area contributed by atoms with Crippen molar-refractivity contribution in [2.45, 2.75) is 19.4 Å². The van der Waals surface area contributed by atoms with Gasteiger partial charge in [0.05, 0.1) is 5.60 Å². The third-order valence-electron chi connectivity index (χ3n) is 3.39. The molecule has 0 aromatic rings. The van der Waals surface area contributed by atoms with Crippen molar-refractivity contribution in [3.8, 4) is 0 Å². The van der Waals surface area contributed by atoms with Gasteiger partial charge in [-0.1, -0.05) is 6.92 Å². The van der Waals surface area contributed by atoms with Crippen LogP contribution >= 0.6 is 0 Å². The van der Waals surface area contributed by atoms with Gasteiger partial charge in [-0.05, 0) is 26.9 Å². The largest absolute Gasteiger partial charge is 0.389 e. The van der Waals surface area contributed by atoms with Crippen LogP contribution in [0.2, 0.25) is 0 Å². The number of piperidine rings is 1. The van der Waals surface area contributed by atoms with E-state index >= 15 is 0 Å². The molecule has 3 nitrogen and oxygen atoms in total. The van der Waals surface area contributed by atoms with Gasteiger partial charge in [0.2, 0.25) is 0 Å². The Labute approximate surface area is 81.1 Å². The summed E-state index contributed by atoms with van der Waals surface area (Å²) in [6.45, 7) is 6.96. The molecule has 1 aliphatic rings. The molecule has 0 spiro atoms. The lowest BCUT2D eigenvalue weighted by Gasteiger charge is -2.46. The number of likely N-dealkylation sites (tertiary alicyclic amines) is 1. The number of hydrogen-bond donors (Lipinski definition) is 2. The van der Waals surface area contributed by atoms with E-state index in [-0.39, 0.29) is 0 Å². The molecule has 0 bridgehead atoms. The summed E-state index contributed by atoms with van der Waals surface area (Å²) in [6.07, 6.45) is 0. The maximum atomic E-state index is 10.3. The van der Waals surface area contributed by atoms with Gasteiger partial charge in [0.25, 0.3) is 0 Å². The summed E-state index contributed by atoms with van der Waals surface area (Å²) in [4.78, 5) is 2.30.